The minimum Gasteiger partial charge on any atom is -0.469 e. The number of rotatable bonds is 5. The summed E-state index contributed by atoms with van der Waals surface area (Å²) in [6.45, 7) is 8.57. The first kappa shape index (κ1) is 12.8. The molecule has 0 aliphatic carbocycles. The molecule has 0 aliphatic rings. The predicted octanol–water partition coefficient (Wildman–Crippen LogP) is 4.82. The van der Waals surface area contributed by atoms with Crippen molar-refractivity contribution in [2.45, 2.75) is 47.0 Å². The van der Waals surface area contributed by atoms with Crippen molar-refractivity contribution in [2.24, 2.45) is 0 Å². The van der Waals surface area contributed by atoms with E-state index in [0.717, 1.165) is 25.0 Å². The standard InChI is InChI=1S/C15H22O/c1-12(2)6-5-7-13(3)8-9-15-14(4)10-11-16-15/h6,8,10-11H,5,7,9H2,1-4H3/b13-8+. The largest absolute Gasteiger partial charge is 0.469 e. The smallest absolute Gasteiger partial charge is 0.110 e. The minimum atomic E-state index is 0.916. The Labute approximate surface area is 98.9 Å². The van der Waals surface area contributed by atoms with Gasteiger partial charge >= 0.3 is 0 Å². The maximum absolute atomic E-state index is 5.40. The van der Waals surface area contributed by atoms with E-state index in [9.17, 15) is 0 Å². The zero-order chi connectivity index (χ0) is 12.0. The maximum atomic E-state index is 5.40. The van der Waals surface area contributed by atoms with E-state index in [2.05, 4.69) is 39.8 Å². The minimum absolute atomic E-state index is 0.916. The predicted molar refractivity (Wildman–Crippen MR) is 69.6 cm³/mol. The fraction of sp³-hybridized carbons (Fsp3) is 0.467. The molecule has 0 amide bonds. The number of hydrogen-bond acceptors (Lipinski definition) is 1. The first-order chi connectivity index (χ1) is 7.59. The van der Waals surface area contributed by atoms with Crippen LogP contribution in [-0.2, 0) is 6.42 Å². The summed E-state index contributed by atoms with van der Waals surface area (Å²) in [4.78, 5) is 0. The van der Waals surface area contributed by atoms with Crippen LogP contribution in [0.5, 0.6) is 0 Å². The van der Waals surface area contributed by atoms with E-state index in [-0.39, 0.29) is 0 Å². The summed E-state index contributed by atoms with van der Waals surface area (Å²) in [5.41, 5.74) is 4.08. The fourth-order valence-corrected chi connectivity index (χ4v) is 1.57. The van der Waals surface area contributed by atoms with Gasteiger partial charge in [-0.1, -0.05) is 23.3 Å². The van der Waals surface area contributed by atoms with Crippen LogP contribution < -0.4 is 0 Å². The van der Waals surface area contributed by atoms with Gasteiger partial charge in [0.2, 0.25) is 0 Å². The Hall–Kier alpha value is -1.24. The van der Waals surface area contributed by atoms with Gasteiger partial charge in [0.1, 0.15) is 5.76 Å². The van der Waals surface area contributed by atoms with E-state index in [1.54, 1.807) is 6.26 Å². The van der Waals surface area contributed by atoms with Crippen molar-refractivity contribution >= 4 is 0 Å². The highest BCUT2D eigenvalue weighted by atomic mass is 16.3. The average Bonchev–Trinajstić information content (AvgIpc) is 2.60. The quantitative estimate of drug-likeness (QED) is 0.645. The molecule has 1 aromatic rings. The summed E-state index contributed by atoms with van der Waals surface area (Å²) in [5, 5.41) is 0. The molecule has 0 saturated heterocycles. The number of allylic oxidation sites excluding steroid dienone is 4. The van der Waals surface area contributed by atoms with Gasteiger partial charge in [0, 0.05) is 6.42 Å². The van der Waals surface area contributed by atoms with Gasteiger partial charge in [-0.2, -0.15) is 0 Å². The molecule has 0 aromatic carbocycles. The molecule has 1 heterocycles. The molecule has 1 rings (SSSR count). The van der Waals surface area contributed by atoms with Crippen molar-refractivity contribution in [1.29, 1.82) is 0 Å². The Balaban J connectivity index is 2.40. The van der Waals surface area contributed by atoms with Crippen LogP contribution in [0.4, 0.5) is 0 Å². The normalized spacial score (nSPS) is 11.6. The van der Waals surface area contributed by atoms with Gasteiger partial charge in [0.15, 0.2) is 0 Å². The highest BCUT2D eigenvalue weighted by Crippen LogP contribution is 2.13. The summed E-state index contributed by atoms with van der Waals surface area (Å²) in [6, 6.07) is 2.02. The molecule has 0 atom stereocenters. The Bertz CT molecular complexity index is 376. The van der Waals surface area contributed by atoms with Gasteiger partial charge < -0.3 is 4.42 Å². The van der Waals surface area contributed by atoms with Crippen molar-refractivity contribution in [3.8, 4) is 0 Å². The first-order valence-corrected chi connectivity index (χ1v) is 5.91. The average molecular weight is 218 g/mol. The third-order valence-corrected chi connectivity index (χ3v) is 2.70. The van der Waals surface area contributed by atoms with Crippen LogP contribution in [0.3, 0.4) is 0 Å². The third kappa shape index (κ3) is 4.52. The molecular weight excluding hydrogens is 196 g/mol. The van der Waals surface area contributed by atoms with Crippen molar-refractivity contribution in [2.75, 3.05) is 0 Å². The van der Waals surface area contributed by atoms with E-state index in [0.29, 0.717) is 0 Å². The Kier molecular flexibility index (Phi) is 5.10. The Morgan fingerprint density at radius 1 is 1.25 bits per heavy atom. The highest BCUT2D eigenvalue weighted by Gasteiger charge is 1.99. The van der Waals surface area contributed by atoms with Crippen LogP contribution in [0.1, 0.15) is 44.9 Å². The molecule has 1 heteroatoms. The van der Waals surface area contributed by atoms with E-state index >= 15 is 0 Å². The lowest BCUT2D eigenvalue weighted by Gasteiger charge is -1.99. The van der Waals surface area contributed by atoms with Crippen molar-refractivity contribution in [1.82, 2.24) is 0 Å². The molecule has 0 radical (unpaired) electrons. The van der Waals surface area contributed by atoms with Crippen molar-refractivity contribution in [3.05, 3.63) is 47.0 Å². The maximum Gasteiger partial charge on any atom is 0.110 e. The number of furan rings is 1. The zero-order valence-electron chi connectivity index (χ0n) is 10.8. The summed E-state index contributed by atoms with van der Waals surface area (Å²) < 4.78 is 5.40. The number of hydrogen-bond donors (Lipinski definition) is 0. The molecule has 1 aromatic heterocycles. The lowest BCUT2D eigenvalue weighted by molar-refractivity contribution is 0.520. The second kappa shape index (κ2) is 6.37. The van der Waals surface area contributed by atoms with Gasteiger partial charge in [0.05, 0.1) is 6.26 Å². The first-order valence-electron chi connectivity index (χ1n) is 5.91. The SMILES string of the molecule is CC(C)=CCC/C(C)=C/Cc1occc1C. The summed E-state index contributed by atoms with van der Waals surface area (Å²) in [5.74, 6) is 1.08. The summed E-state index contributed by atoms with van der Waals surface area (Å²) >= 11 is 0. The van der Waals surface area contributed by atoms with Gasteiger partial charge in [0.25, 0.3) is 0 Å². The van der Waals surface area contributed by atoms with E-state index in [1.807, 2.05) is 6.07 Å². The van der Waals surface area contributed by atoms with E-state index < -0.39 is 0 Å². The van der Waals surface area contributed by atoms with Gasteiger partial charge in [-0.15, -0.1) is 0 Å². The van der Waals surface area contributed by atoms with E-state index in [4.69, 9.17) is 4.42 Å². The Morgan fingerprint density at radius 2 is 2.00 bits per heavy atom. The zero-order valence-corrected chi connectivity index (χ0v) is 10.8. The lowest BCUT2D eigenvalue weighted by atomic mass is 10.1. The van der Waals surface area contributed by atoms with Crippen molar-refractivity contribution in [3.63, 3.8) is 0 Å². The second-order valence-electron chi connectivity index (χ2n) is 4.60. The Morgan fingerprint density at radius 3 is 2.56 bits per heavy atom. The second-order valence-corrected chi connectivity index (χ2v) is 4.60. The molecule has 16 heavy (non-hydrogen) atoms. The molecule has 0 N–H and O–H groups in total. The monoisotopic (exact) mass is 218 g/mol. The van der Waals surface area contributed by atoms with Crippen LogP contribution in [0.25, 0.3) is 0 Å². The summed E-state index contributed by atoms with van der Waals surface area (Å²) in [7, 11) is 0. The highest BCUT2D eigenvalue weighted by molar-refractivity contribution is 5.18. The van der Waals surface area contributed by atoms with Crippen molar-refractivity contribution < 1.29 is 4.42 Å². The van der Waals surface area contributed by atoms with Crippen LogP contribution in [0.15, 0.2) is 40.0 Å². The van der Waals surface area contributed by atoms with Gasteiger partial charge in [-0.05, 0) is 52.2 Å². The van der Waals surface area contributed by atoms with Crippen LogP contribution in [0, 0.1) is 6.92 Å². The molecule has 0 spiro atoms. The molecule has 0 unspecified atom stereocenters. The van der Waals surface area contributed by atoms with Crippen LogP contribution in [0.2, 0.25) is 0 Å². The fourth-order valence-electron chi connectivity index (χ4n) is 1.57. The molecule has 0 saturated carbocycles. The third-order valence-electron chi connectivity index (χ3n) is 2.70. The molecule has 88 valence electrons. The molecule has 0 bridgehead atoms. The molecular formula is C15H22O. The van der Waals surface area contributed by atoms with Crippen LogP contribution >= 0.6 is 0 Å². The topological polar surface area (TPSA) is 13.1 Å². The number of aryl methyl sites for hydroxylation is 1. The van der Waals surface area contributed by atoms with Gasteiger partial charge in [-0.3, -0.25) is 0 Å². The van der Waals surface area contributed by atoms with E-state index in [1.165, 1.54) is 16.7 Å². The lowest BCUT2D eigenvalue weighted by Crippen LogP contribution is -1.83. The molecule has 0 aliphatic heterocycles. The summed E-state index contributed by atoms with van der Waals surface area (Å²) in [6.07, 6.45) is 9.52. The molecule has 1 nitrogen and oxygen atoms in total. The van der Waals surface area contributed by atoms with Gasteiger partial charge in [-0.25, -0.2) is 0 Å². The molecule has 0 fully saturated rings. The van der Waals surface area contributed by atoms with Crippen LogP contribution in [-0.4, -0.2) is 0 Å².